The van der Waals surface area contributed by atoms with Crippen LogP contribution in [-0.4, -0.2) is 22.7 Å². The lowest BCUT2D eigenvalue weighted by atomic mass is 10.1. The summed E-state index contributed by atoms with van der Waals surface area (Å²) in [6.07, 6.45) is 5.89. The summed E-state index contributed by atoms with van der Waals surface area (Å²) in [5.74, 6) is 0.674. The quantitative estimate of drug-likeness (QED) is 0.653. The summed E-state index contributed by atoms with van der Waals surface area (Å²) < 4.78 is 6.70. The van der Waals surface area contributed by atoms with Crippen molar-refractivity contribution in [1.82, 2.24) is 4.98 Å². The number of anilines is 1. The van der Waals surface area contributed by atoms with E-state index in [1.807, 2.05) is 30.5 Å². The molecule has 1 aliphatic rings. The van der Waals surface area contributed by atoms with Gasteiger partial charge in [-0.25, -0.2) is 9.78 Å². The number of allylic oxidation sites excluding steroid dienone is 3. The lowest BCUT2D eigenvalue weighted by molar-refractivity contribution is 0.0697. The zero-order valence-corrected chi connectivity index (χ0v) is 15.1. The van der Waals surface area contributed by atoms with Gasteiger partial charge < -0.3 is 15.2 Å². The first-order chi connectivity index (χ1) is 12.7. The van der Waals surface area contributed by atoms with E-state index < -0.39 is 5.97 Å². The van der Waals surface area contributed by atoms with Gasteiger partial charge in [0, 0.05) is 21.2 Å². The fourth-order valence-electron chi connectivity index (χ4n) is 3.12. The number of carboxylic acid groups (broad SMARTS) is 1. The first-order valence-corrected chi connectivity index (χ1v) is 9.38. The van der Waals surface area contributed by atoms with Crippen molar-refractivity contribution in [2.24, 2.45) is 0 Å². The molecule has 1 aromatic carbocycles. The normalized spacial score (nSPS) is 14.2. The van der Waals surface area contributed by atoms with E-state index in [-0.39, 0.29) is 5.56 Å². The Balaban J connectivity index is 1.79. The van der Waals surface area contributed by atoms with Crippen LogP contribution in [0.1, 0.15) is 30.1 Å². The second-order valence-corrected chi connectivity index (χ2v) is 6.95. The molecule has 0 atom stereocenters. The Kier molecular flexibility index (Phi) is 4.34. The Labute approximate surface area is 154 Å². The maximum absolute atomic E-state index is 11.3. The van der Waals surface area contributed by atoms with Gasteiger partial charge >= 0.3 is 5.97 Å². The van der Waals surface area contributed by atoms with Gasteiger partial charge in [0.2, 0.25) is 0 Å². The predicted molar refractivity (Wildman–Crippen MR) is 105 cm³/mol. The number of aromatic nitrogens is 1. The van der Waals surface area contributed by atoms with Gasteiger partial charge in [0.25, 0.3) is 0 Å². The van der Waals surface area contributed by atoms with Crippen molar-refractivity contribution in [2.45, 2.75) is 19.8 Å². The highest BCUT2D eigenvalue weighted by molar-refractivity contribution is 7.18. The van der Waals surface area contributed by atoms with Crippen molar-refractivity contribution in [3.8, 4) is 0 Å². The summed E-state index contributed by atoms with van der Waals surface area (Å²) in [5, 5.41) is 16.7. The molecule has 4 rings (SSSR count). The Morgan fingerprint density at radius 2 is 2.23 bits per heavy atom. The first kappa shape index (κ1) is 16.6. The molecule has 132 valence electrons. The molecule has 5 nitrogen and oxygen atoms in total. The third kappa shape index (κ3) is 3.04. The number of carboxylic acids is 1. The maximum Gasteiger partial charge on any atom is 0.335 e. The predicted octanol–water partition coefficient (Wildman–Crippen LogP) is 5.16. The molecule has 6 heteroatoms. The zero-order chi connectivity index (χ0) is 18.1. The summed E-state index contributed by atoms with van der Waals surface area (Å²) >= 11 is 1.63. The molecule has 0 radical (unpaired) electrons. The van der Waals surface area contributed by atoms with Crippen LogP contribution in [0.15, 0.2) is 53.3 Å². The standard InChI is InChI=1S/C20H18N2O3S/c1-2-25-14-5-3-4-13(11-14)21-19-16-8-9-26-18(16)15-7-6-12(20(23)24)10-17(15)22-19/h5-11H,2-4H2,1H3,(H,21,22)(H,23,24). The number of benzene rings is 1. The van der Waals surface area contributed by atoms with Crippen LogP contribution in [0, 0.1) is 0 Å². The van der Waals surface area contributed by atoms with E-state index >= 15 is 0 Å². The van der Waals surface area contributed by atoms with Crippen LogP contribution >= 0.6 is 11.3 Å². The van der Waals surface area contributed by atoms with Crippen molar-refractivity contribution in [1.29, 1.82) is 0 Å². The lowest BCUT2D eigenvalue weighted by Crippen LogP contribution is -2.06. The molecular formula is C20H18N2O3S. The number of pyridine rings is 1. The zero-order valence-electron chi connectivity index (χ0n) is 14.3. The van der Waals surface area contributed by atoms with E-state index in [4.69, 9.17) is 9.72 Å². The van der Waals surface area contributed by atoms with Crippen LogP contribution < -0.4 is 5.32 Å². The van der Waals surface area contributed by atoms with E-state index in [0.29, 0.717) is 12.1 Å². The number of fused-ring (bicyclic) bond motifs is 3. The molecule has 0 fully saturated rings. The van der Waals surface area contributed by atoms with E-state index in [0.717, 1.165) is 45.6 Å². The minimum atomic E-state index is -0.948. The lowest BCUT2D eigenvalue weighted by Gasteiger charge is -2.16. The van der Waals surface area contributed by atoms with Crippen molar-refractivity contribution >= 4 is 44.1 Å². The largest absolute Gasteiger partial charge is 0.494 e. The molecule has 3 aromatic rings. The monoisotopic (exact) mass is 366 g/mol. The average molecular weight is 366 g/mol. The van der Waals surface area contributed by atoms with Gasteiger partial charge in [-0.2, -0.15) is 0 Å². The Morgan fingerprint density at radius 3 is 3.04 bits per heavy atom. The number of hydrogen-bond acceptors (Lipinski definition) is 5. The van der Waals surface area contributed by atoms with Gasteiger partial charge in [-0.3, -0.25) is 0 Å². The number of thiophene rings is 1. The molecule has 1 aliphatic carbocycles. The fraction of sp³-hybridized carbons (Fsp3) is 0.200. The number of aromatic carboxylic acids is 1. The second kappa shape index (κ2) is 6.80. The number of hydrogen-bond donors (Lipinski definition) is 2. The minimum absolute atomic E-state index is 0.241. The Bertz CT molecular complexity index is 1070. The molecule has 26 heavy (non-hydrogen) atoms. The van der Waals surface area contributed by atoms with E-state index in [2.05, 4.69) is 11.4 Å². The molecule has 2 aromatic heterocycles. The second-order valence-electron chi connectivity index (χ2n) is 6.03. The summed E-state index contributed by atoms with van der Waals surface area (Å²) in [4.78, 5) is 16.0. The van der Waals surface area contributed by atoms with Crippen LogP contribution in [0.25, 0.3) is 21.0 Å². The van der Waals surface area contributed by atoms with Crippen LogP contribution in [0.3, 0.4) is 0 Å². The Morgan fingerprint density at radius 1 is 1.35 bits per heavy atom. The third-order valence-corrected chi connectivity index (χ3v) is 5.26. The molecule has 0 saturated carbocycles. The minimum Gasteiger partial charge on any atom is -0.494 e. The number of rotatable bonds is 5. The summed E-state index contributed by atoms with van der Waals surface area (Å²) in [7, 11) is 0. The SMILES string of the molecule is CCOC1=CCCC(Nc2nc3cc(C(=O)O)ccc3c3sccc23)=C1. The van der Waals surface area contributed by atoms with E-state index in [1.165, 1.54) is 0 Å². The number of carbonyl (C=O) groups is 1. The van der Waals surface area contributed by atoms with Gasteiger partial charge in [0.15, 0.2) is 0 Å². The van der Waals surface area contributed by atoms with Gasteiger partial charge in [0.05, 0.1) is 17.7 Å². The highest BCUT2D eigenvalue weighted by atomic mass is 32.1. The van der Waals surface area contributed by atoms with Crippen LogP contribution in [0.5, 0.6) is 0 Å². The third-order valence-electron chi connectivity index (χ3n) is 4.31. The topological polar surface area (TPSA) is 71.5 Å². The summed E-state index contributed by atoms with van der Waals surface area (Å²) in [5.41, 5.74) is 1.97. The smallest absolute Gasteiger partial charge is 0.335 e. The molecular weight excluding hydrogens is 348 g/mol. The number of nitrogens with zero attached hydrogens (tertiary/aromatic N) is 1. The van der Waals surface area contributed by atoms with Crippen LogP contribution in [0.4, 0.5) is 5.82 Å². The summed E-state index contributed by atoms with van der Waals surface area (Å²) in [6.45, 7) is 2.60. The average Bonchev–Trinajstić information content (AvgIpc) is 3.12. The maximum atomic E-state index is 11.3. The molecule has 2 heterocycles. The highest BCUT2D eigenvalue weighted by Crippen LogP contribution is 2.35. The molecule has 0 bridgehead atoms. The van der Waals surface area contributed by atoms with Gasteiger partial charge in [0.1, 0.15) is 11.6 Å². The van der Waals surface area contributed by atoms with Crippen molar-refractivity contribution < 1.29 is 14.6 Å². The van der Waals surface area contributed by atoms with E-state index in [1.54, 1.807) is 23.5 Å². The molecule has 0 spiro atoms. The summed E-state index contributed by atoms with van der Waals surface area (Å²) in [6, 6.07) is 7.14. The molecule has 0 unspecified atom stereocenters. The molecule has 0 saturated heterocycles. The first-order valence-electron chi connectivity index (χ1n) is 8.50. The van der Waals surface area contributed by atoms with Gasteiger partial charge in [-0.15, -0.1) is 11.3 Å². The molecule has 0 amide bonds. The van der Waals surface area contributed by atoms with Crippen LogP contribution in [0.2, 0.25) is 0 Å². The van der Waals surface area contributed by atoms with E-state index in [9.17, 15) is 9.90 Å². The molecule has 0 aliphatic heterocycles. The van der Waals surface area contributed by atoms with Crippen LogP contribution in [-0.2, 0) is 4.74 Å². The number of nitrogens with one attached hydrogen (secondary N) is 1. The Hall–Kier alpha value is -2.86. The van der Waals surface area contributed by atoms with Crippen molar-refractivity contribution in [3.63, 3.8) is 0 Å². The van der Waals surface area contributed by atoms with Crippen molar-refractivity contribution in [3.05, 3.63) is 58.8 Å². The van der Waals surface area contributed by atoms with Gasteiger partial charge in [-0.05, 0) is 55.5 Å². The highest BCUT2D eigenvalue weighted by Gasteiger charge is 2.14. The van der Waals surface area contributed by atoms with Gasteiger partial charge in [-0.1, -0.05) is 6.07 Å². The number of ether oxygens (including phenoxy) is 1. The molecule has 2 N–H and O–H groups in total. The van der Waals surface area contributed by atoms with Crippen molar-refractivity contribution in [2.75, 3.05) is 11.9 Å². The fourth-order valence-corrected chi connectivity index (χ4v) is 4.05.